The van der Waals surface area contributed by atoms with Crippen LogP contribution in [-0.2, 0) is 16.7 Å². The number of rotatable bonds is 4. The Morgan fingerprint density at radius 3 is 2.83 bits per heavy atom. The molecule has 0 aromatic carbocycles. The molecule has 0 bridgehead atoms. The molecule has 2 aliphatic rings. The van der Waals surface area contributed by atoms with E-state index in [0.717, 1.165) is 37.1 Å². The molecule has 0 radical (unpaired) electrons. The molecule has 0 unspecified atom stereocenters. The van der Waals surface area contributed by atoms with Crippen molar-refractivity contribution in [3.8, 4) is 0 Å². The summed E-state index contributed by atoms with van der Waals surface area (Å²) in [6, 6.07) is 0.496. The zero-order valence-corrected chi connectivity index (χ0v) is 14.4. The van der Waals surface area contributed by atoms with Crippen LogP contribution in [0.4, 0.5) is 0 Å². The van der Waals surface area contributed by atoms with Gasteiger partial charge in [-0.1, -0.05) is 20.8 Å². The van der Waals surface area contributed by atoms with Gasteiger partial charge in [0.2, 0.25) is 0 Å². The first-order valence-corrected chi connectivity index (χ1v) is 8.54. The Kier molecular flexibility index (Phi) is 3.84. The summed E-state index contributed by atoms with van der Waals surface area (Å²) in [6.07, 6.45) is 2.27. The maximum absolute atomic E-state index is 5.90. The van der Waals surface area contributed by atoms with Crippen molar-refractivity contribution in [3.63, 3.8) is 0 Å². The van der Waals surface area contributed by atoms with Crippen molar-refractivity contribution in [3.05, 3.63) is 17.5 Å². The predicted octanol–water partition coefficient (Wildman–Crippen LogP) is 0.997. The van der Waals surface area contributed by atoms with Gasteiger partial charge in [-0.05, 0) is 23.3 Å². The molecule has 1 N–H and O–H groups in total. The predicted molar refractivity (Wildman–Crippen MR) is 85.1 cm³/mol. The maximum Gasteiger partial charge on any atom is 0.165 e. The molecule has 1 aliphatic carbocycles. The highest BCUT2D eigenvalue weighted by molar-refractivity contribution is 5.04. The number of nitrogens with zero attached hydrogens (tertiary/aromatic N) is 7. The Balaban J connectivity index is 1.43. The summed E-state index contributed by atoms with van der Waals surface area (Å²) in [6.45, 7) is 9.35. The number of aromatic amines is 1. The fraction of sp³-hybridized carbons (Fsp3) is 0.800. The first kappa shape index (κ1) is 15.6. The van der Waals surface area contributed by atoms with Crippen LogP contribution in [0.15, 0.2) is 0 Å². The molecular weight excluding hydrogens is 308 g/mol. The van der Waals surface area contributed by atoms with Gasteiger partial charge >= 0.3 is 0 Å². The summed E-state index contributed by atoms with van der Waals surface area (Å²) >= 11 is 0. The van der Waals surface area contributed by atoms with Gasteiger partial charge in [0.15, 0.2) is 17.5 Å². The summed E-state index contributed by atoms with van der Waals surface area (Å²) in [7, 11) is 0. The Hall–Kier alpha value is -1.87. The summed E-state index contributed by atoms with van der Waals surface area (Å²) in [5.74, 6) is 2.55. The molecule has 1 saturated carbocycles. The van der Waals surface area contributed by atoms with E-state index in [1.165, 1.54) is 12.8 Å². The fourth-order valence-corrected chi connectivity index (χ4v) is 2.88. The lowest BCUT2D eigenvalue weighted by molar-refractivity contribution is -0.0382. The second-order valence-electron chi connectivity index (χ2n) is 7.66. The third-order valence-corrected chi connectivity index (χ3v) is 4.45. The van der Waals surface area contributed by atoms with Crippen LogP contribution < -0.4 is 0 Å². The van der Waals surface area contributed by atoms with Crippen LogP contribution in [0, 0.1) is 0 Å². The molecule has 3 heterocycles. The van der Waals surface area contributed by atoms with Crippen LogP contribution in [-0.4, -0.2) is 60.0 Å². The monoisotopic (exact) mass is 332 g/mol. The van der Waals surface area contributed by atoms with Crippen molar-refractivity contribution in [2.45, 2.75) is 57.7 Å². The second-order valence-corrected chi connectivity index (χ2v) is 7.66. The molecule has 130 valence electrons. The first-order valence-electron chi connectivity index (χ1n) is 8.54. The van der Waals surface area contributed by atoms with Crippen molar-refractivity contribution in [1.82, 2.24) is 40.3 Å². The zero-order chi connectivity index (χ0) is 16.7. The molecule has 1 atom stereocenters. The molecule has 0 spiro atoms. The maximum atomic E-state index is 5.90. The summed E-state index contributed by atoms with van der Waals surface area (Å²) in [5, 5.41) is 19.5. The topological polar surface area (TPSA) is 97.6 Å². The largest absolute Gasteiger partial charge is 0.368 e. The molecule has 4 rings (SSSR count). The van der Waals surface area contributed by atoms with Gasteiger partial charge in [0.1, 0.15) is 6.10 Å². The third-order valence-electron chi connectivity index (χ3n) is 4.45. The average molecular weight is 332 g/mol. The normalized spacial score (nSPS) is 22.9. The molecular formula is C15H24N8O. The van der Waals surface area contributed by atoms with E-state index < -0.39 is 0 Å². The van der Waals surface area contributed by atoms with Gasteiger partial charge in [-0.2, -0.15) is 5.10 Å². The SMILES string of the molecule is CC(C)(C)c1n[nH]c([C@@H]2CN(Cc3nnnn3C3CC3)CCO2)n1. The lowest BCUT2D eigenvalue weighted by atomic mass is 9.96. The van der Waals surface area contributed by atoms with E-state index in [1.807, 2.05) is 4.68 Å². The van der Waals surface area contributed by atoms with Gasteiger partial charge in [0.05, 0.1) is 19.2 Å². The molecule has 24 heavy (non-hydrogen) atoms. The molecule has 2 aromatic rings. The van der Waals surface area contributed by atoms with Crippen molar-refractivity contribution < 1.29 is 4.74 Å². The van der Waals surface area contributed by atoms with E-state index in [4.69, 9.17) is 4.74 Å². The quantitative estimate of drug-likeness (QED) is 0.892. The minimum atomic E-state index is -0.0902. The van der Waals surface area contributed by atoms with Gasteiger partial charge < -0.3 is 4.74 Å². The molecule has 9 heteroatoms. The van der Waals surface area contributed by atoms with Crippen molar-refractivity contribution in [2.24, 2.45) is 0 Å². The fourth-order valence-electron chi connectivity index (χ4n) is 2.88. The molecule has 0 amide bonds. The molecule has 2 aromatic heterocycles. The molecule has 1 saturated heterocycles. The number of morpholine rings is 1. The average Bonchev–Trinajstić information content (AvgIpc) is 3.08. The van der Waals surface area contributed by atoms with E-state index in [0.29, 0.717) is 12.6 Å². The Labute approximate surface area is 140 Å². The smallest absolute Gasteiger partial charge is 0.165 e. The Morgan fingerprint density at radius 2 is 2.12 bits per heavy atom. The van der Waals surface area contributed by atoms with Crippen LogP contribution in [0.5, 0.6) is 0 Å². The number of H-pyrrole nitrogens is 1. The minimum absolute atomic E-state index is 0.0740. The van der Waals surface area contributed by atoms with Gasteiger partial charge in [0.25, 0.3) is 0 Å². The number of hydrogen-bond donors (Lipinski definition) is 1. The third kappa shape index (κ3) is 3.18. The van der Waals surface area contributed by atoms with Crippen molar-refractivity contribution >= 4 is 0 Å². The highest BCUT2D eigenvalue weighted by Crippen LogP contribution is 2.34. The van der Waals surface area contributed by atoms with Crippen LogP contribution in [0.25, 0.3) is 0 Å². The molecule has 9 nitrogen and oxygen atoms in total. The van der Waals surface area contributed by atoms with Crippen LogP contribution in [0.1, 0.15) is 63.2 Å². The number of ether oxygens (including phenoxy) is 1. The van der Waals surface area contributed by atoms with Gasteiger partial charge in [0, 0.05) is 18.5 Å². The van der Waals surface area contributed by atoms with E-state index in [1.54, 1.807) is 0 Å². The number of aromatic nitrogens is 7. The van der Waals surface area contributed by atoms with Crippen LogP contribution >= 0.6 is 0 Å². The number of nitrogens with one attached hydrogen (secondary N) is 1. The second kappa shape index (κ2) is 5.89. The van der Waals surface area contributed by atoms with Crippen molar-refractivity contribution in [2.75, 3.05) is 19.7 Å². The van der Waals surface area contributed by atoms with Gasteiger partial charge in [-0.25, -0.2) is 9.67 Å². The molecule has 2 fully saturated rings. The summed E-state index contributed by atoms with van der Waals surface area (Å²) in [4.78, 5) is 6.95. The summed E-state index contributed by atoms with van der Waals surface area (Å²) < 4.78 is 7.86. The standard InChI is InChI=1S/C15H24N8O/c1-15(2,3)14-16-13(18-19-14)11-8-22(6-7-24-11)9-12-17-20-21-23(12)10-4-5-10/h10-11H,4-9H2,1-3H3,(H,16,18,19)/t11-/m0/s1. The van der Waals surface area contributed by atoms with Crippen LogP contribution in [0.2, 0.25) is 0 Å². The first-order chi connectivity index (χ1) is 11.5. The zero-order valence-electron chi connectivity index (χ0n) is 14.4. The van der Waals surface area contributed by atoms with Crippen LogP contribution in [0.3, 0.4) is 0 Å². The number of hydrogen-bond acceptors (Lipinski definition) is 7. The number of tetrazole rings is 1. The van der Waals surface area contributed by atoms with Gasteiger partial charge in [-0.15, -0.1) is 5.10 Å². The minimum Gasteiger partial charge on any atom is -0.368 e. The van der Waals surface area contributed by atoms with Crippen molar-refractivity contribution in [1.29, 1.82) is 0 Å². The van der Waals surface area contributed by atoms with E-state index >= 15 is 0 Å². The van der Waals surface area contributed by atoms with E-state index in [9.17, 15) is 0 Å². The lowest BCUT2D eigenvalue weighted by Crippen LogP contribution is -2.38. The Morgan fingerprint density at radius 1 is 1.29 bits per heavy atom. The highest BCUT2D eigenvalue weighted by Gasteiger charge is 2.31. The van der Waals surface area contributed by atoms with Gasteiger partial charge in [-0.3, -0.25) is 10.00 Å². The highest BCUT2D eigenvalue weighted by atomic mass is 16.5. The molecule has 1 aliphatic heterocycles. The lowest BCUT2D eigenvalue weighted by Gasteiger charge is -2.31. The van der Waals surface area contributed by atoms with E-state index in [-0.39, 0.29) is 11.5 Å². The Bertz CT molecular complexity index is 698. The van der Waals surface area contributed by atoms with E-state index in [2.05, 4.69) is 56.4 Å². The summed E-state index contributed by atoms with van der Waals surface area (Å²) in [5.41, 5.74) is -0.0740.